The number of unbranched alkanes of at least 4 members (excludes halogenated alkanes) is 9. The van der Waals surface area contributed by atoms with E-state index in [1.54, 1.807) is 0 Å². The van der Waals surface area contributed by atoms with Crippen LogP contribution in [-0.2, 0) is 6.42 Å². The first-order valence-electron chi connectivity index (χ1n) is 14.0. The molecule has 2 heteroatoms. The Morgan fingerprint density at radius 3 is 2.28 bits per heavy atom. The number of rotatable bonds is 11. The van der Waals surface area contributed by atoms with Crippen LogP contribution in [0, 0.1) is 17.3 Å². The second-order valence-corrected chi connectivity index (χ2v) is 11.8. The molecule has 0 spiro atoms. The maximum Gasteiger partial charge on any atom is 0.115 e. The van der Waals surface area contributed by atoms with Crippen molar-refractivity contribution in [3.8, 4) is 5.75 Å². The van der Waals surface area contributed by atoms with Gasteiger partial charge in [-0.25, -0.2) is 0 Å². The largest absolute Gasteiger partial charge is 0.508 e. The third-order valence-corrected chi connectivity index (χ3v) is 9.98. The van der Waals surface area contributed by atoms with Crippen LogP contribution in [0.15, 0.2) is 18.2 Å². The van der Waals surface area contributed by atoms with E-state index in [2.05, 4.69) is 19.9 Å². The average molecular weight is 441 g/mol. The summed E-state index contributed by atoms with van der Waals surface area (Å²) in [4.78, 5) is 0. The van der Waals surface area contributed by atoms with E-state index in [1.807, 2.05) is 12.1 Å². The molecule has 2 saturated carbocycles. The molecule has 0 saturated heterocycles. The van der Waals surface area contributed by atoms with E-state index in [4.69, 9.17) is 0 Å². The van der Waals surface area contributed by atoms with Gasteiger partial charge in [-0.05, 0) is 91.4 Å². The summed E-state index contributed by atoms with van der Waals surface area (Å²) in [6.45, 7) is 4.72. The summed E-state index contributed by atoms with van der Waals surface area (Å²) in [5, 5.41) is 21.8. The molecule has 0 bridgehead atoms. The molecule has 4 rings (SSSR count). The van der Waals surface area contributed by atoms with Crippen LogP contribution in [0.5, 0.6) is 5.75 Å². The fraction of sp³-hybridized carbons (Fsp3) is 0.800. The lowest BCUT2D eigenvalue weighted by molar-refractivity contribution is -0.108. The molecular formula is C30H48O2. The third kappa shape index (κ3) is 4.77. The highest BCUT2D eigenvalue weighted by Gasteiger charge is 2.60. The van der Waals surface area contributed by atoms with Crippen LogP contribution in [0.1, 0.15) is 134 Å². The van der Waals surface area contributed by atoms with Gasteiger partial charge in [0.2, 0.25) is 0 Å². The number of aliphatic hydroxyl groups is 1. The standard InChI is InChI=1S/C30H48O2/c1-3-4-5-6-7-8-9-10-11-12-19-30(32)21-18-28-27-15-13-23-22-24(31)14-16-25(23)26(27)17-20-29(28,30)2/h14,16,22,26-28,31-32H,3-13,15,17-21H2,1-2H3/t26-,27-,28+,29+,30+/m1/s1. The number of hydrogen-bond acceptors (Lipinski definition) is 2. The van der Waals surface area contributed by atoms with Crippen molar-refractivity contribution in [2.75, 3.05) is 0 Å². The van der Waals surface area contributed by atoms with Gasteiger partial charge in [-0.3, -0.25) is 0 Å². The van der Waals surface area contributed by atoms with Crippen LogP contribution in [0.25, 0.3) is 0 Å². The number of phenols is 1. The number of benzene rings is 1. The highest BCUT2D eigenvalue weighted by atomic mass is 16.3. The highest BCUT2D eigenvalue weighted by Crippen LogP contribution is 2.65. The van der Waals surface area contributed by atoms with Gasteiger partial charge in [-0.15, -0.1) is 0 Å². The normalized spacial score (nSPS) is 33.5. The number of aromatic hydroxyl groups is 1. The van der Waals surface area contributed by atoms with E-state index in [0.717, 1.165) is 25.7 Å². The van der Waals surface area contributed by atoms with E-state index in [9.17, 15) is 10.2 Å². The molecule has 0 radical (unpaired) electrons. The molecule has 1 aromatic carbocycles. The lowest BCUT2D eigenvalue weighted by atomic mass is 9.53. The molecule has 3 aliphatic rings. The summed E-state index contributed by atoms with van der Waals surface area (Å²) in [5.74, 6) is 2.43. The molecule has 0 heterocycles. The molecule has 2 fully saturated rings. The SMILES string of the molecule is CCCCCCCCCCCC[C@]1(O)CC[C@H]2[C@@H]3CCc4cc(O)ccc4[C@H]3CC[C@@]21C. The van der Waals surface area contributed by atoms with E-state index in [-0.39, 0.29) is 5.41 Å². The van der Waals surface area contributed by atoms with Crippen LogP contribution in [0.2, 0.25) is 0 Å². The van der Waals surface area contributed by atoms with Crippen molar-refractivity contribution in [3.05, 3.63) is 29.3 Å². The summed E-state index contributed by atoms with van der Waals surface area (Å²) in [6.07, 6.45) is 21.5. The van der Waals surface area contributed by atoms with Crippen molar-refractivity contribution in [1.82, 2.24) is 0 Å². The Bertz CT molecular complexity index is 742. The van der Waals surface area contributed by atoms with Crippen LogP contribution in [0.3, 0.4) is 0 Å². The molecule has 5 atom stereocenters. The summed E-state index contributed by atoms with van der Waals surface area (Å²) in [7, 11) is 0. The topological polar surface area (TPSA) is 40.5 Å². The van der Waals surface area contributed by atoms with Crippen molar-refractivity contribution < 1.29 is 10.2 Å². The minimum atomic E-state index is -0.446. The van der Waals surface area contributed by atoms with Crippen LogP contribution >= 0.6 is 0 Å². The molecule has 0 unspecified atom stereocenters. The first-order chi connectivity index (χ1) is 15.5. The Hall–Kier alpha value is -1.02. The fourth-order valence-corrected chi connectivity index (χ4v) is 7.99. The smallest absolute Gasteiger partial charge is 0.115 e. The molecule has 0 aromatic heterocycles. The quantitative estimate of drug-likeness (QED) is 0.340. The van der Waals surface area contributed by atoms with Gasteiger partial charge in [0.05, 0.1) is 5.60 Å². The lowest BCUT2D eigenvalue weighted by Gasteiger charge is -2.53. The summed E-state index contributed by atoms with van der Waals surface area (Å²) in [5.41, 5.74) is 2.51. The summed E-state index contributed by atoms with van der Waals surface area (Å²) < 4.78 is 0. The Balaban J connectivity index is 1.26. The van der Waals surface area contributed by atoms with Crippen molar-refractivity contribution >= 4 is 0 Å². The molecule has 1 aromatic rings. The van der Waals surface area contributed by atoms with Gasteiger partial charge in [0, 0.05) is 0 Å². The molecular weight excluding hydrogens is 392 g/mol. The molecule has 32 heavy (non-hydrogen) atoms. The Labute approximate surface area is 197 Å². The zero-order valence-corrected chi connectivity index (χ0v) is 20.9. The molecule has 2 nitrogen and oxygen atoms in total. The zero-order chi connectivity index (χ0) is 22.6. The molecule has 3 aliphatic carbocycles. The van der Waals surface area contributed by atoms with Crippen LogP contribution < -0.4 is 0 Å². The first kappa shape index (κ1) is 24.1. The summed E-state index contributed by atoms with van der Waals surface area (Å²) in [6, 6.07) is 6.07. The van der Waals surface area contributed by atoms with Crippen molar-refractivity contribution in [1.29, 1.82) is 0 Å². The maximum absolute atomic E-state index is 11.9. The van der Waals surface area contributed by atoms with Crippen molar-refractivity contribution in [3.63, 3.8) is 0 Å². The van der Waals surface area contributed by atoms with Gasteiger partial charge in [0.1, 0.15) is 5.75 Å². The number of hydrogen-bond donors (Lipinski definition) is 2. The Morgan fingerprint density at radius 2 is 1.56 bits per heavy atom. The van der Waals surface area contributed by atoms with E-state index in [1.165, 1.54) is 94.6 Å². The minimum Gasteiger partial charge on any atom is -0.508 e. The van der Waals surface area contributed by atoms with Crippen molar-refractivity contribution in [2.45, 2.75) is 135 Å². The van der Waals surface area contributed by atoms with Gasteiger partial charge in [0.25, 0.3) is 0 Å². The zero-order valence-electron chi connectivity index (χ0n) is 20.9. The van der Waals surface area contributed by atoms with Crippen molar-refractivity contribution in [2.24, 2.45) is 17.3 Å². The Kier molecular flexibility index (Phi) is 7.91. The number of aryl methyl sites for hydroxylation is 1. The third-order valence-electron chi connectivity index (χ3n) is 9.98. The summed E-state index contributed by atoms with van der Waals surface area (Å²) >= 11 is 0. The van der Waals surface area contributed by atoms with E-state index >= 15 is 0 Å². The second-order valence-electron chi connectivity index (χ2n) is 11.8. The van der Waals surface area contributed by atoms with Crippen LogP contribution in [-0.4, -0.2) is 15.8 Å². The molecule has 0 amide bonds. The predicted octanol–water partition coefficient (Wildman–Crippen LogP) is 8.29. The van der Waals surface area contributed by atoms with Gasteiger partial charge in [0.15, 0.2) is 0 Å². The fourth-order valence-electron chi connectivity index (χ4n) is 7.99. The predicted molar refractivity (Wildman–Crippen MR) is 134 cm³/mol. The van der Waals surface area contributed by atoms with E-state index in [0.29, 0.717) is 23.5 Å². The first-order valence-corrected chi connectivity index (χ1v) is 14.0. The van der Waals surface area contributed by atoms with Gasteiger partial charge < -0.3 is 10.2 Å². The maximum atomic E-state index is 11.9. The number of phenolic OH excluding ortho intramolecular Hbond substituents is 1. The monoisotopic (exact) mass is 440 g/mol. The molecule has 180 valence electrons. The highest BCUT2D eigenvalue weighted by molar-refractivity contribution is 5.40. The van der Waals surface area contributed by atoms with Gasteiger partial charge in [-0.1, -0.05) is 84.1 Å². The van der Waals surface area contributed by atoms with E-state index < -0.39 is 5.60 Å². The van der Waals surface area contributed by atoms with Gasteiger partial charge in [-0.2, -0.15) is 0 Å². The Morgan fingerprint density at radius 1 is 0.875 bits per heavy atom. The van der Waals surface area contributed by atoms with Crippen LogP contribution in [0.4, 0.5) is 0 Å². The number of fused-ring (bicyclic) bond motifs is 5. The second kappa shape index (κ2) is 10.5. The average Bonchev–Trinajstić information content (AvgIpc) is 3.05. The molecule has 0 aliphatic heterocycles. The lowest BCUT2D eigenvalue weighted by Crippen LogP contribution is -2.50. The minimum absolute atomic E-state index is 0.0991. The molecule has 2 N–H and O–H groups in total. The van der Waals surface area contributed by atoms with Gasteiger partial charge >= 0.3 is 0 Å².